The van der Waals surface area contributed by atoms with Crippen LogP contribution in [0.1, 0.15) is 44.6 Å². The van der Waals surface area contributed by atoms with Crippen molar-refractivity contribution in [3.63, 3.8) is 0 Å². The topological polar surface area (TPSA) is 59.2 Å². The molecule has 4 nitrogen and oxygen atoms in total. The number of hydrogen-bond donors (Lipinski definition) is 1. The molecule has 2 aliphatic carbocycles. The van der Waals surface area contributed by atoms with Crippen molar-refractivity contribution in [1.29, 1.82) is 0 Å². The van der Waals surface area contributed by atoms with Crippen LogP contribution in [-0.4, -0.2) is 34.9 Å². The second-order valence-electron chi connectivity index (χ2n) is 7.92. The van der Waals surface area contributed by atoms with Crippen LogP contribution < -0.4 is 5.73 Å². The third-order valence-corrected chi connectivity index (χ3v) is 6.70. The fourth-order valence-corrected chi connectivity index (χ4v) is 4.91. The van der Waals surface area contributed by atoms with Crippen LogP contribution in [0.15, 0.2) is 47.8 Å². The maximum atomic E-state index is 12.3. The summed E-state index contributed by atoms with van der Waals surface area (Å²) in [4.78, 5) is 18.4. The molecule has 2 aliphatic rings. The van der Waals surface area contributed by atoms with Gasteiger partial charge in [0.2, 0.25) is 5.91 Å². The van der Waals surface area contributed by atoms with Gasteiger partial charge in [-0.1, -0.05) is 23.8 Å². The highest BCUT2D eigenvalue weighted by Crippen LogP contribution is 2.47. The summed E-state index contributed by atoms with van der Waals surface area (Å²) in [5, 5.41) is 0.917. The van der Waals surface area contributed by atoms with Crippen molar-refractivity contribution < 1.29 is 4.79 Å². The summed E-state index contributed by atoms with van der Waals surface area (Å²) in [6.07, 6.45) is 15.8. The molecule has 1 saturated carbocycles. The number of carbonyl (C=O) groups is 1. The number of halogens is 1. The van der Waals surface area contributed by atoms with E-state index in [1.807, 2.05) is 18.2 Å². The molecule has 0 aromatic carbocycles. The van der Waals surface area contributed by atoms with Crippen molar-refractivity contribution in [2.45, 2.75) is 51.5 Å². The van der Waals surface area contributed by atoms with Crippen LogP contribution in [0.3, 0.4) is 0 Å². The first-order chi connectivity index (χ1) is 13.0. The molecular formula is C22H30ClN3O. The largest absolute Gasteiger partial charge is 0.340 e. The molecule has 2 N–H and O–H groups in total. The molecule has 146 valence electrons. The molecule has 5 heteroatoms. The molecule has 0 spiro atoms. The van der Waals surface area contributed by atoms with E-state index in [4.69, 9.17) is 17.3 Å². The van der Waals surface area contributed by atoms with E-state index in [1.54, 1.807) is 19.3 Å². The molecule has 0 bridgehead atoms. The average Bonchev–Trinajstić information content (AvgIpc) is 2.69. The Morgan fingerprint density at radius 3 is 2.63 bits per heavy atom. The minimum absolute atomic E-state index is 0.106. The Kier molecular flexibility index (Phi) is 6.72. The van der Waals surface area contributed by atoms with E-state index in [1.165, 1.54) is 5.56 Å². The van der Waals surface area contributed by atoms with E-state index in [9.17, 15) is 4.79 Å². The zero-order valence-electron chi connectivity index (χ0n) is 16.1. The average molecular weight is 388 g/mol. The van der Waals surface area contributed by atoms with Gasteiger partial charge in [-0.15, -0.1) is 0 Å². The second kappa shape index (κ2) is 9.03. The van der Waals surface area contributed by atoms with Crippen LogP contribution in [0.25, 0.3) is 0 Å². The summed E-state index contributed by atoms with van der Waals surface area (Å²) >= 11 is 6.28. The van der Waals surface area contributed by atoms with Crippen molar-refractivity contribution in [2.24, 2.45) is 17.1 Å². The van der Waals surface area contributed by atoms with E-state index in [2.05, 4.69) is 22.0 Å². The Morgan fingerprint density at radius 2 is 2.04 bits per heavy atom. The monoisotopic (exact) mass is 387 g/mol. The highest BCUT2D eigenvalue weighted by molar-refractivity contribution is 6.29. The lowest BCUT2D eigenvalue weighted by Crippen LogP contribution is -2.48. The van der Waals surface area contributed by atoms with Gasteiger partial charge in [0.05, 0.1) is 0 Å². The van der Waals surface area contributed by atoms with Crippen molar-refractivity contribution in [2.75, 3.05) is 13.1 Å². The van der Waals surface area contributed by atoms with Gasteiger partial charge < -0.3 is 10.6 Å². The molecule has 27 heavy (non-hydrogen) atoms. The van der Waals surface area contributed by atoms with Gasteiger partial charge in [-0.05, 0) is 80.2 Å². The van der Waals surface area contributed by atoms with Gasteiger partial charge in [0, 0.05) is 36.9 Å². The molecule has 0 saturated heterocycles. The van der Waals surface area contributed by atoms with Gasteiger partial charge in [-0.2, -0.15) is 0 Å². The van der Waals surface area contributed by atoms with Gasteiger partial charge in [0.25, 0.3) is 0 Å². The van der Waals surface area contributed by atoms with E-state index in [-0.39, 0.29) is 11.3 Å². The minimum Gasteiger partial charge on any atom is -0.340 e. The number of allylic oxidation sites excluding steroid dienone is 4. The fraction of sp³-hybridized carbons (Fsp3) is 0.545. The molecule has 1 aromatic rings. The maximum absolute atomic E-state index is 12.3. The molecule has 1 atom stereocenters. The lowest BCUT2D eigenvalue weighted by molar-refractivity contribution is -0.132. The zero-order valence-corrected chi connectivity index (χ0v) is 16.9. The number of carbonyl (C=O) groups excluding carboxylic acids is 1. The first-order valence-corrected chi connectivity index (χ1v) is 10.3. The van der Waals surface area contributed by atoms with Crippen molar-refractivity contribution in [3.05, 3.63) is 53.4 Å². The van der Waals surface area contributed by atoms with E-state index in [0.717, 1.165) is 50.1 Å². The lowest BCUT2D eigenvalue weighted by atomic mass is 9.63. The minimum atomic E-state index is 0.106. The highest BCUT2D eigenvalue weighted by Gasteiger charge is 2.41. The third-order valence-electron chi connectivity index (χ3n) is 6.42. The summed E-state index contributed by atoms with van der Waals surface area (Å²) in [7, 11) is 0. The van der Waals surface area contributed by atoms with E-state index in [0.29, 0.717) is 18.5 Å². The standard InChI is InChI=1S/C22H30ClN3O/c1-17(27)26(14-9-18-7-12-25-13-8-18)21-5-10-22(16-24,11-6-21)19-3-2-4-20(23)15-19/h2-4,7-8,12-13,19,21H,5-6,9-11,14-16,24H2,1H3/t19?,21-,22-. The van der Waals surface area contributed by atoms with Gasteiger partial charge in [-0.25, -0.2) is 0 Å². The third kappa shape index (κ3) is 4.80. The first-order valence-electron chi connectivity index (χ1n) is 9.93. The van der Waals surface area contributed by atoms with Crippen LogP contribution in [0.2, 0.25) is 0 Å². The number of amides is 1. The maximum Gasteiger partial charge on any atom is 0.219 e. The van der Waals surface area contributed by atoms with Crippen molar-refractivity contribution in [3.8, 4) is 0 Å². The summed E-state index contributed by atoms with van der Waals surface area (Å²) in [5.74, 6) is 0.571. The number of hydrogen-bond acceptors (Lipinski definition) is 3. The molecule has 1 heterocycles. The normalized spacial score (nSPS) is 27.9. The van der Waals surface area contributed by atoms with Crippen molar-refractivity contribution in [1.82, 2.24) is 9.88 Å². The van der Waals surface area contributed by atoms with Crippen molar-refractivity contribution >= 4 is 17.5 Å². The molecular weight excluding hydrogens is 358 g/mol. The lowest BCUT2D eigenvalue weighted by Gasteiger charge is -2.47. The predicted molar refractivity (Wildman–Crippen MR) is 110 cm³/mol. The number of rotatable bonds is 6. The van der Waals surface area contributed by atoms with Crippen LogP contribution >= 0.6 is 11.6 Å². The summed E-state index contributed by atoms with van der Waals surface area (Å²) in [6, 6.07) is 4.35. The van der Waals surface area contributed by atoms with Crippen LogP contribution in [0.5, 0.6) is 0 Å². The Morgan fingerprint density at radius 1 is 1.33 bits per heavy atom. The molecule has 1 unspecified atom stereocenters. The molecule has 3 rings (SSSR count). The quantitative estimate of drug-likeness (QED) is 0.800. The molecule has 0 radical (unpaired) electrons. The molecule has 0 aliphatic heterocycles. The Labute approximate surface area is 167 Å². The van der Waals surface area contributed by atoms with Crippen LogP contribution in [-0.2, 0) is 11.2 Å². The highest BCUT2D eigenvalue weighted by atomic mass is 35.5. The molecule has 1 aromatic heterocycles. The SMILES string of the molecule is CC(=O)N(CCc1ccncc1)[C@H]1CC[C@](CN)(C2C=CC=C(Cl)C2)CC1. The van der Waals surface area contributed by atoms with Gasteiger partial charge in [0.1, 0.15) is 0 Å². The Balaban J connectivity index is 1.62. The van der Waals surface area contributed by atoms with Gasteiger partial charge >= 0.3 is 0 Å². The zero-order chi connectivity index (χ0) is 19.3. The number of nitrogens with zero attached hydrogens (tertiary/aromatic N) is 2. The van der Waals surface area contributed by atoms with E-state index < -0.39 is 0 Å². The van der Waals surface area contributed by atoms with Gasteiger partial charge in [-0.3, -0.25) is 9.78 Å². The smallest absolute Gasteiger partial charge is 0.219 e. The van der Waals surface area contributed by atoms with Crippen LogP contribution in [0, 0.1) is 11.3 Å². The number of nitrogens with two attached hydrogens (primary N) is 1. The predicted octanol–water partition coefficient (Wildman–Crippen LogP) is 4.06. The Hall–Kier alpha value is -1.65. The summed E-state index contributed by atoms with van der Waals surface area (Å²) < 4.78 is 0. The van der Waals surface area contributed by atoms with Crippen LogP contribution in [0.4, 0.5) is 0 Å². The fourth-order valence-electron chi connectivity index (χ4n) is 4.67. The summed E-state index contributed by atoms with van der Waals surface area (Å²) in [5.41, 5.74) is 7.57. The first kappa shape index (κ1) is 20.1. The number of aromatic nitrogens is 1. The second-order valence-corrected chi connectivity index (χ2v) is 8.41. The molecule has 1 amide bonds. The van der Waals surface area contributed by atoms with Gasteiger partial charge in [0.15, 0.2) is 0 Å². The van der Waals surface area contributed by atoms with E-state index >= 15 is 0 Å². The summed E-state index contributed by atoms with van der Waals surface area (Å²) in [6.45, 7) is 3.12. The molecule has 1 fully saturated rings. The Bertz CT molecular complexity index is 693. The number of pyridine rings is 1.